The van der Waals surface area contributed by atoms with Crippen molar-refractivity contribution >= 4 is 23.5 Å². The zero-order chi connectivity index (χ0) is 15.6. The highest BCUT2D eigenvalue weighted by Crippen LogP contribution is 2.37. The molecule has 21 heavy (non-hydrogen) atoms. The first kappa shape index (κ1) is 15.8. The van der Waals surface area contributed by atoms with Gasteiger partial charge in [-0.2, -0.15) is 0 Å². The van der Waals surface area contributed by atoms with Crippen molar-refractivity contribution in [1.82, 2.24) is 5.32 Å². The molecule has 114 valence electrons. The molecule has 0 radical (unpaired) electrons. The van der Waals surface area contributed by atoms with Gasteiger partial charge in [-0.05, 0) is 37.3 Å². The molecule has 0 bridgehead atoms. The summed E-state index contributed by atoms with van der Waals surface area (Å²) in [4.78, 5) is 23.7. The lowest BCUT2D eigenvalue weighted by atomic mass is 9.94. The van der Waals surface area contributed by atoms with Crippen molar-refractivity contribution in [3.8, 4) is 0 Å². The number of carboxylic acid groups (broad SMARTS) is 1. The van der Waals surface area contributed by atoms with Gasteiger partial charge in [-0.25, -0.2) is 0 Å². The molecular formula is C16H20ClNO3. The van der Waals surface area contributed by atoms with Crippen molar-refractivity contribution in [3.05, 3.63) is 34.9 Å². The number of aliphatic carboxylic acids is 1. The SMILES string of the molecule is CC1CC(C(=O)O)C(C(=O)N[C@@H](C)c2ccccc2Cl)C1. The Morgan fingerprint density at radius 1 is 1.29 bits per heavy atom. The molecule has 1 amide bonds. The summed E-state index contributed by atoms with van der Waals surface area (Å²) in [6.07, 6.45) is 1.19. The Morgan fingerprint density at radius 2 is 1.90 bits per heavy atom. The highest BCUT2D eigenvalue weighted by molar-refractivity contribution is 6.31. The third-order valence-electron chi connectivity index (χ3n) is 4.18. The molecule has 2 rings (SSSR count). The summed E-state index contributed by atoms with van der Waals surface area (Å²) in [6.45, 7) is 3.84. The largest absolute Gasteiger partial charge is 0.481 e. The molecule has 0 saturated heterocycles. The van der Waals surface area contributed by atoms with Gasteiger partial charge in [-0.3, -0.25) is 9.59 Å². The van der Waals surface area contributed by atoms with Gasteiger partial charge in [0.1, 0.15) is 0 Å². The second-order valence-corrected chi connectivity index (χ2v) is 6.29. The molecule has 1 aromatic rings. The van der Waals surface area contributed by atoms with Crippen molar-refractivity contribution in [1.29, 1.82) is 0 Å². The lowest BCUT2D eigenvalue weighted by Gasteiger charge is -2.20. The standard InChI is InChI=1S/C16H20ClNO3/c1-9-7-12(13(8-9)16(20)21)15(19)18-10(2)11-5-3-4-6-14(11)17/h3-6,9-10,12-13H,7-8H2,1-2H3,(H,18,19)(H,20,21)/t9?,10-,12?,13?/m0/s1. The first-order valence-corrected chi connectivity index (χ1v) is 7.55. The second-order valence-electron chi connectivity index (χ2n) is 5.88. The van der Waals surface area contributed by atoms with E-state index in [1.807, 2.05) is 32.0 Å². The van der Waals surface area contributed by atoms with Crippen LogP contribution in [-0.2, 0) is 9.59 Å². The van der Waals surface area contributed by atoms with Gasteiger partial charge < -0.3 is 10.4 Å². The van der Waals surface area contributed by atoms with Gasteiger partial charge in [0, 0.05) is 5.02 Å². The number of rotatable bonds is 4. The Bertz CT molecular complexity index is 546. The lowest BCUT2D eigenvalue weighted by Crippen LogP contribution is -2.36. The first-order valence-electron chi connectivity index (χ1n) is 7.17. The molecule has 1 aliphatic rings. The molecule has 1 aromatic carbocycles. The van der Waals surface area contributed by atoms with Gasteiger partial charge in [0.2, 0.25) is 5.91 Å². The lowest BCUT2D eigenvalue weighted by molar-refractivity contribution is -0.146. The smallest absolute Gasteiger partial charge is 0.307 e. The fourth-order valence-corrected chi connectivity index (χ4v) is 3.38. The molecule has 4 nitrogen and oxygen atoms in total. The summed E-state index contributed by atoms with van der Waals surface area (Å²) in [7, 11) is 0. The molecule has 0 aliphatic heterocycles. The van der Waals surface area contributed by atoms with Crippen molar-refractivity contribution in [2.75, 3.05) is 0 Å². The molecule has 1 fully saturated rings. The highest BCUT2D eigenvalue weighted by Gasteiger charge is 2.41. The number of hydrogen-bond acceptors (Lipinski definition) is 2. The van der Waals surface area contributed by atoms with Crippen molar-refractivity contribution in [2.45, 2.75) is 32.7 Å². The predicted octanol–water partition coefficient (Wildman–Crippen LogP) is 3.26. The third-order valence-corrected chi connectivity index (χ3v) is 4.53. The third kappa shape index (κ3) is 3.56. The molecule has 1 saturated carbocycles. The van der Waals surface area contributed by atoms with E-state index in [4.69, 9.17) is 11.6 Å². The van der Waals surface area contributed by atoms with Crippen LogP contribution in [0.25, 0.3) is 0 Å². The minimum Gasteiger partial charge on any atom is -0.481 e. The van der Waals surface area contributed by atoms with E-state index in [2.05, 4.69) is 5.32 Å². The highest BCUT2D eigenvalue weighted by atomic mass is 35.5. The van der Waals surface area contributed by atoms with Crippen LogP contribution in [0, 0.1) is 17.8 Å². The van der Waals surface area contributed by atoms with Crippen LogP contribution in [-0.4, -0.2) is 17.0 Å². The van der Waals surface area contributed by atoms with E-state index in [-0.39, 0.29) is 17.9 Å². The van der Waals surface area contributed by atoms with Crippen LogP contribution < -0.4 is 5.32 Å². The molecule has 2 N–H and O–H groups in total. The van der Waals surface area contributed by atoms with E-state index in [0.29, 0.717) is 17.9 Å². The van der Waals surface area contributed by atoms with E-state index in [1.165, 1.54) is 0 Å². The average Bonchev–Trinajstić information content (AvgIpc) is 2.81. The molecule has 0 spiro atoms. The quantitative estimate of drug-likeness (QED) is 0.897. The van der Waals surface area contributed by atoms with Crippen LogP contribution in [0.2, 0.25) is 5.02 Å². The monoisotopic (exact) mass is 309 g/mol. The van der Waals surface area contributed by atoms with Gasteiger partial charge >= 0.3 is 5.97 Å². The summed E-state index contributed by atoms with van der Waals surface area (Å²) in [5.41, 5.74) is 0.838. The minimum atomic E-state index is -0.884. The van der Waals surface area contributed by atoms with Gasteiger partial charge in [0.25, 0.3) is 0 Å². The van der Waals surface area contributed by atoms with Crippen molar-refractivity contribution < 1.29 is 14.7 Å². The number of benzene rings is 1. The first-order chi connectivity index (χ1) is 9.90. The Kier molecular flexibility index (Phi) is 4.88. The van der Waals surface area contributed by atoms with Crippen molar-refractivity contribution in [2.24, 2.45) is 17.8 Å². The van der Waals surface area contributed by atoms with Crippen LogP contribution in [0.3, 0.4) is 0 Å². The Labute approximate surface area is 129 Å². The van der Waals surface area contributed by atoms with E-state index < -0.39 is 17.8 Å². The summed E-state index contributed by atoms with van der Waals surface area (Å²) < 4.78 is 0. The van der Waals surface area contributed by atoms with E-state index in [1.54, 1.807) is 6.07 Å². The molecular weight excluding hydrogens is 290 g/mol. The number of halogens is 1. The number of carbonyl (C=O) groups excluding carboxylic acids is 1. The van der Waals surface area contributed by atoms with Gasteiger partial charge in [0.15, 0.2) is 0 Å². The van der Waals surface area contributed by atoms with E-state index in [0.717, 1.165) is 5.56 Å². The van der Waals surface area contributed by atoms with Crippen LogP contribution >= 0.6 is 11.6 Å². The number of hydrogen-bond donors (Lipinski definition) is 2. The zero-order valence-corrected chi connectivity index (χ0v) is 12.9. The summed E-state index contributed by atoms with van der Waals surface area (Å²) in [5, 5.41) is 12.7. The maximum absolute atomic E-state index is 12.4. The summed E-state index contributed by atoms with van der Waals surface area (Å²) >= 11 is 6.12. The Balaban J connectivity index is 2.07. The summed E-state index contributed by atoms with van der Waals surface area (Å²) in [6, 6.07) is 7.09. The average molecular weight is 310 g/mol. The maximum atomic E-state index is 12.4. The zero-order valence-electron chi connectivity index (χ0n) is 12.2. The fourth-order valence-electron chi connectivity index (χ4n) is 3.08. The van der Waals surface area contributed by atoms with Gasteiger partial charge in [0.05, 0.1) is 17.9 Å². The number of amides is 1. The van der Waals surface area contributed by atoms with Crippen molar-refractivity contribution in [3.63, 3.8) is 0 Å². The number of carboxylic acids is 1. The minimum absolute atomic E-state index is 0.195. The van der Waals surface area contributed by atoms with Gasteiger partial charge in [-0.15, -0.1) is 0 Å². The van der Waals surface area contributed by atoms with Crippen LogP contribution in [0.1, 0.15) is 38.3 Å². The van der Waals surface area contributed by atoms with Crippen LogP contribution in [0.5, 0.6) is 0 Å². The van der Waals surface area contributed by atoms with E-state index in [9.17, 15) is 14.7 Å². The summed E-state index contributed by atoms with van der Waals surface area (Å²) in [5.74, 6) is -1.86. The van der Waals surface area contributed by atoms with Crippen LogP contribution in [0.15, 0.2) is 24.3 Å². The van der Waals surface area contributed by atoms with E-state index >= 15 is 0 Å². The predicted molar refractivity (Wildman–Crippen MR) is 81.0 cm³/mol. The van der Waals surface area contributed by atoms with Crippen LogP contribution in [0.4, 0.5) is 0 Å². The molecule has 1 aliphatic carbocycles. The maximum Gasteiger partial charge on any atom is 0.307 e. The molecule has 3 unspecified atom stereocenters. The Morgan fingerprint density at radius 3 is 2.52 bits per heavy atom. The van der Waals surface area contributed by atoms with Gasteiger partial charge in [-0.1, -0.05) is 36.7 Å². The fraction of sp³-hybridized carbons (Fsp3) is 0.500. The number of carbonyl (C=O) groups is 2. The molecule has 5 heteroatoms. The topological polar surface area (TPSA) is 66.4 Å². The molecule has 0 heterocycles. The molecule has 0 aromatic heterocycles. The molecule has 4 atom stereocenters. The second kappa shape index (κ2) is 6.48. The normalized spacial score (nSPS) is 26.3. The Hall–Kier alpha value is -1.55. The number of nitrogens with one attached hydrogen (secondary N) is 1.